The highest BCUT2D eigenvalue weighted by atomic mass is 32.1. The van der Waals surface area contributed by atoms with Crippen molar-refractivity contribution in [2.24, 2.45) is 7.05 Å². The third kappa shape index (κ3) is 2.64. The number of hydrogen-bond acceptors (Lipinski definition) is 6. The molecule has 0 unspecified atom stereocenters. The Bertz CT molecular complexity index is 886. The smallest absolute Gasteiger partial charge is 0.260 e. The number of thiazole rings is 1. The number of carbonyl (C=O) groups excluding carboxylic acids is 1. The third-order valence-electron chi connectivity index (χ3n) is 3.36. The molecule has 4 rings (SSSR count). The summed E-state index contributed by atoms with van der Waals surface area (Å²) in [6, 6.07) is 5.64. The number of aromatic nitrogens is 3. The fraction of sp³-hybridized carbons (Fsp3) is 0.133. The van der Waals surface area contributed by atoms with E-state index in [1.807, 2.05) is 23.6 Å². The van der Waals surface area contributed by atoms with E-state index in [0.29, 0.717) is 16.4 Å². The highest BCUT2D eigenvalue weighted by molar-refractivity contribution is 7.14. The summed E-state index contributed by atoms with van der Waals surface area (Å²) in [4.78, 5) is 16.5. The highest BCUT2D eigenvalue weighted by Crippen LogP contribution is 2.36. The maximum absolute atomic E-state index is 12.1. The Labute approximate surface area is 135 Å². The molecule has 0 aliphatic carbocycles. The zero-order valence-corrected chi connectivity index (χ0v) is 13.0. The molecule has 0 saturated carbocycles. The van der Waals surface area contributed by atoms with Gasteiger partial charge in [0.15, 0.2) is 16.6 Å². The van der Waals surface area contributed by atoms with Gasteiger partial charge in [-0.15, -0.1) is 11.3 Å². The van der Waals surface area contributed by atoms with Gasteiger partial charge in [-0.3, -0.25) is 14.8 Å². The highest BCUT2D eigenvalue weighted by Gasteiger charge is 2.16. The van der Waals surface area contributed by atoms with Gasteiger partial charge in [0, 0.05) is 24.2 Å². The predicted molar refractivity (Wildman–Crippen MR) is 84.8 cm³/mol. The normalized spacial score (nSPS) is 12.4. The van der Waals surface area contributed by atoms with Gasteiger partial charge >= 0.3 is 0 Å². The van der Waals surface area contributed by atoms with Crippen LogP contribution in [-0.2, 0) is 7.05 Å². The number of aryl methyl sites for hydroxylation is 1. The number of rotatable bonds is 3. The molecule has 0 fully saturated rings. The van der Waals surface area contributed by atoms with Crippen molar-refractivity contribution < 1.29 is 14.3 Å². The fourth-order valence-electron chi connectivity index (χ4n) is 2.23. The number of benzene rings is 1. The molecule has 1 aromatic carbocycles. The minimum absolute atomic E-state index is 0.232. The second-order valence-corrected chi connectivity index (χ2v) is 5.82. The summed E-state index contributed by atoms with van der Waals surface area (Å²) in [6.07, 6.45) is 3.17. The van der Waals surface area contributed by atoms with Crippen LogP contribution >= 0.6 is 11.3 Å². The zero-order valence-electron chi connectivity index (χ0n) is 12.1. The second-order valence-electron chi connectivity index (χ2n) is 4.96. The van der Waals surface area contributed by atoms with Crippen molar-refractivity contribution in [1.82, 2.24) is 14.8 Å². The number of nitrogens with one attached hydrogen (secondary N) is 1. The van der Waals surface area contributed by atoms with Crippen LogP contribution in [0.3, 0.4) is 0 Å². The van der Waals surface area contributed by atoms with Crippen molar-refractivity contribution in [2.75, 3.05) is 12.1 Å². The van der Waals surface area contributed by atoms with Crippen molar-refractivity contribution in [3.05, 3.63) is 41.5 Å². The van der Waals surface area contributed by atoms with E-state index >= 15 is 0 Å². The standard InChI is InChI=1S/C15H12N4O3S/c1-19-6-10(5-16-19)14(20)18-15-17-11(7-23-15)9-2-3-12-13(4-9)22-8-21-12/h2-7H,8H2,1H3,(H,17,18,20). The summed E-state index contributed by atoms with van der Waals surface area (Å²) < 4.78 is 12.2. The Hall–Kier alpha value is -2.87. The third-order valence-corrected chi connectivity index (χ3v) is 4.12. The van der Waals surface area contributed by atoms with E-state index < -0.39 is 0 Å². The minimum Gasteiger partial charge on any atom is -0.454 e. The van der Waals surface area contributed by atoms with Gasteiger partial charge in [-0.1, -0.05) is 0 Å². The van der Waals surface area contributed by atoms with E-state index in [0.717, 1.165) is 17.0 Å². The van der Waals surface area contributed by atoms with Crippen LogP contribution in [0.5, 0.6) is 11.5 Å². The van der Waals surface area contributed by atoms with Crippen LogP contribution in [0, 0.1) is 0 Å². The average Bonchev–Trinajstić information content (AvgIpc) is 3.26. The van der Waals surface area contributed by atoms with Crippen molar-refractivity contribution in [2.45, 2.75) is 0 Å². The quantitative estimate of drug-likeness (QED) is 0.799. The fourth-order valence-corrected chi connectivity index (χ4v) is 2.94. The Balaban J connectivity index is 1.54. The molecule has 0 radical (unpaired) electrons. The van der Waals surface area contributed by atoms with Crippen molar-refractivity contribution in [3.8, 4) is 22.8 Å². The molecule has 0 bridgehead atoms. The first-order valence-electron chi connectivity index (χ1n) is 6.84. The lowest BCUT2D eigenvalue weighted by atomic mass is 10.1. The second kappa shape index (κ2) is 5.40. The molecular formula is C15H12N4O3S. The summed E-state index contributed by atoms with van der Waals surface area (Å²) in [7, 11) is 1.76. The van der Waals surface area contributed by atoms with Crippen molar-refractivity contribution >= 4 is 22.4 Å². The number of fused-ring (bicyclic) bond motifs is 1. The van der Waals surface area contributed by atoms with Gasteiger partial charge in [-0.25, -0.2) is 4.98 Å². The molecular weight excluding hydrogens is 316 g/mol. The first-order chi connectivity index (χ1) is 11.2. The molecule has 0 saturated heterocycles. The van der Waals surface area contributed by atoms with Gasteiger partial charge in [0.05, 0.1) is 17.5 Å². The number of anilines is 1. The molecule has 1 aliphatic rings. The summed E-state index contributed by atoms with van der Waals surface area (Å²) >= 11 is 1.37. The summed E-state index contributed by atoms with van der Waals surface area (Å²) in [5, 5.41) is 9.17. The van der Waals surface area contributed by atoms with Crippen LogP contribution in [-0.4, -0.2) is 27.5 Å². The molecule has 3 heterocycles. The van der Waals surface area contributed by atoms with Crippen molar-refractivity contribution in [1.29, 1.82) is 0 Å². The molecule has 0 atom stereocenters. The largest absolute Gasteiger partial charge is 0.454 e. The maximum Gasteiger partial charge on any atom is 0.260 e. The number of carbonyl (C=O) groups is 1. The SMILES string of the molecule is Cn1cc(C(=O)Nc2nc(-c3ccc4c(c3)OCO4)cs2)cn1. The van der Waals surface area contributed by atoms with Crippen LogP contribution in [0.15, 0.2) is 36.0 Å². The monoisotopic (exact) mass is 328 g/mol. The van der Waals surface area contributed by atoms with Crippen LogP contribution in [0.1, 0.15) is 10.4 Å². The molecule has 8 heteroatoms. The lowest BCUT2D eigenvalue weighted by Gasteiger charge is -2.00. The number of amides is 1. The van der Waals surface area contributed by atoms with Gasteiger partial charge in [0.2, 0.25) is 6.79 Å². The molecule has 7 nitrogen and oxygen atoms in total. The van der Waals surface area contributed by atoms with Crippen LogP contribution in [0.4, 0.5) is 5.13 Å². The number of nitrogens with zero attached hydrogens (tertiary/aromatic N) is 3. The Kier molecular flexibility index (Phi) is 3.23. The average molecular weight is 328 g/mol. The lowest BCUT2D eigenvalue weighted by Crippen LogP contribution is -2.10. The first-order valence-corrected chi connectivity index (χ1v) is 7.72. The minimum atomic E-state index is -0.232. The Morgan fingerprint density at radius 1 is 1.35 bits per heavy atom. The lowest BCUT2D eigenvalue weighted by molar-refractivity contribution is 0.102. The van der Waals surface area contributed by atoms with Gasteiger partial charge in [0.1, 0.15) is 0 Å². The molecule has 0 spiro atoms. The van der Waals surface area contributed by atoms with Crippen LogP contribution < -0.4 is 14.8 Å². The molecule has 1 amide bonds. The van der Waals surface area contributed by atoms with Gasteiger partial charge < -0.3 is 9.47 Å². The summed E-state index contributed by atoms with van der Waals surface area (Å²) in [6.45, 7) is 0.238. The maximum atomic E-state index is 12.1. The van der Waals surface area contributed by atoms with Gasteiger partial charge in [-0.2, -0.15) is 5.10 Å². The van der Waals surface area contributed by atoms with E-state index in [-0.39, 0.29) is 12.7 Å². The Morgan fingerprint density at radius 3 is 3.04 bits per heavy atom. The molecule has 3 aromatic rings. The van der Waals surface area contributed by atoms with Crippen LogP contribution in [0.25, 0.3) is 11.3 Å². The number of ether oxygens (including phenoxy) is 2. The number of hydrogen-bond donors (Lipinski definition) is 1. The van der Waals surface area contributed by atoms with Gasteiger partial charge in [-0.05, 0) is 18.2 Å². The van der Waals surface area contributed by atoms with Crippen molar-refractivity contribution in [3.63, 3.8) is 0 Å². The Morgan fingerprint density at radius 2 is 2.22 bits per heavy atom. The van der Waals surface area contributed by atoms with E-state index in [1.54, 1.807) is 17.9 Å². The summed E-state index contributed by atoms with van der Waals surface area (Å²) in [5.41, 5.74) is 2.18. The molecule has 23 heavy (non-hydrogen) atoms. The summed E-state index contributed by atoms with van der Waals surface area (Å²) in [5.74, 6) is 1.20. The zero-order chi connectivity index (χ0) is 15.8. The van der Waals surface area contributed by atoms with E-state index in [9.17, 15) is 4.79 Å². The molecule has 116 valence electrons. The van der Waals surface area contributed by atoms with E-state index in [4.69, 9.17) is 9.47 Å². The first kappa shape index (κ1) is 13.8. The van der Waals surface area contributed by atoms with E-state index in [1.165, 1.54) is 17.5 Å². The molecule has 1 aliphatic heterocycles. The molecule has 2 aromatic heterocycles. The van der Waals surface area contributed by atoms with E-state index in [2.05, 4.69) is 15.4 Å². The molecule has 1 N–H and O–H groups in total. The van der Waals surface area contributed by atoms with Gasteiger partial charge in [0.25, 0.3) is 5.91 Å². The van der Waals surface area contributed by atoms with Crippen LogP contribution in [0.2, 0.25) is 0 Å². The topological polar surface area (TPSA) is 78.3 Å². The predicted octanol–water partition coefficient (Wildman–Crippen LogP) is 2.52.